The van der Waals surface area contributed by atoms with Gasteiger partial charge in [-0.15, -0.1) is 0 Å². The molecule has 30 heavy (non-hydrogen) atoms. The normalized spacial score (nSPS) is 65.7. The zero-order chi connectivity index (χ0) is 21.1. The number of hydrogen-bond donors (Lipinski definition) is 3. The molecule has 14 atom stereocenters. The summed E-state index contributed by atoms with van der Waals surface area (Å²) in [5.41, 5.74) is -0.291. The fourth-order valence-electron chi connectivity index (χ4n) is 10.9. The minimum atomic E-state index is -0.754. The molecule has 6 saturated carbocycles. The molecule has 3 aliphatic heterocycles. The number of nitrogens with zero attached hydrogens (tertiary/aromatic N) is 1. The van der Waals surface area contributed by atoms with Crippen LogP contribution in [0.3, 0.4) is 0 Å². The van der Waals surface area contributed by atoms with Crippen molar-refractivity contribution in [1.82, 2.24) is 4.90 Å². The molecule has 0 amide bonds. The van der Waals surface area contributed by atoms with Gasteiger partial charge in [-0.3, -0.25) is 9.69 Å². The van der Waals surface area contributed by atoms with Crippen molar-refractivity contribution in [3.63, 3.8) is 0 Å². The van der Waals surface area contributed by atoms with Gasteiger partial charge < -0.3 is 20.1 Å². The van der Waals surface area contributed by atoms with E-state index in [1.54, 1.807) is 0 Å². The molecule has 9 fully saturated rings. The van der Waals surface area contributed by atoms with Gasteiger partial charge in [-0.1, -0.05) is 33.8 Å². The van der Waals surface area contributed by atoms with E-state index in [2.05, 4.69) is 18.4 Å². The molecule has 6 heteroatoms. The lowest BCUT2D eigenvalue weighted by molar-refractivity contribution is -0.267. The number of rotatable bonds is 2. The van der Waals surface area contributed by atoms with Gasteiger partial charge >= 0.3 is 5.97 Å². The number of carbonyl (C=O) groups is 1. The zero-order valence-corrected chi connectivity index (χ0v) is 18.0. The monoisotopic (exact) mass is 415 g/mol. The lowest BCUT2D eigenvalue weighted by Crippen LogP contribution is -2.75. The van der Waals surface area contributed by atoms with Gasteiger partial charge in [0.1, 0.15) is 12.3 Å². The maximum absolute atomic E-state index is 12.9. The molecule has 4 unspecified atom stereocenters. The number of ether oxygens (including phenoxy) is 1. The van der Waals surface area contributed by atoms with Crippen LogP contribution in [0.4, 0.5) is 0 Å². The van der Waals surface area contributed by atoms with E-state index in [9.17, 15) is 20.1 Å². The second kappa shape index (κ2) is 5.00. The lowest BCUT2D eigenvalue weighted by atomic mass is 9.38. The van der Waals surface area contributed by atoms with Crippen molar-refractivity contribution in [2.45, 2.75) is 83.1 Å². The fraction of sp³-hybridized carbons (Fsp3) is 0.875. The highest BCUT2D eigenvalue weighted by molar-refractivity contribution is 5.72. The number of aliphatic hydroxyl groups is 3. The Balaban J connectivity index is 1.50. The van der Waals surface area contributed by atoms with Crippen LogP contribution < -0.4 is 0 Å². The summed E-state index contributed by atoms with van der Waals surface area (Å²) in [6.45, 7) is 10.1. The summed E-state index contributed by atoms with van der Waals surface area (Å²) < 4.78 is 6.29. The predicted octanol–water partition coefficient (Wildman–Crippen LogP) is 1.29. The third-order valence-corrected chi connectivity index (χ3v) is 11.3. The average Bonchev–Trinajstić information content (AvgIpc) is 3.13. The van der Waals surface area contributed by atoms with Crippen LogP contribution in [0.15, 0.2) is 12.2 Å². The third-order valence-electron chi connectivity index (χ3n) is 11.3. The summed E-state index contributed by atoms with van der Waals surface area (Å²) in [7, 11) is 0. The number of esters is 1. The highest BCUT2D eigenvalue weighted by atomic mass is 16.5. The molecule has 0 aromatic heterocycles. The molecule has 9 aliphatic rings. The minimum absolute atomic E-state index is 0.0743. The first-order chi connectivity index (χ1) is 14.1. The van der Waals surface area contributed by atoms with Gasteiger partial charge in [-0.2, -0.15) is 0 Å². The standard InChI is InChI=1S/C24H33NO5/c1-9(2)20(28)30-19-13-15-22(4)6-5-7-23(15)16-14(26)11-8-12(17(23)25(13)21(22)29)24(16,19)18(27)10(11)3/h9,11-19,21,26-27,29H,3,5-8H2,1-2,4H3/t11-,12?,13-,14-,15-,16+,17?,18-,19-,21?,22-,23+,24+/m1/s1. The smallest absolute Gasteiger partial charge is 0.308 e. The molecular weight excluding hydrogens is 382 g/mol. The number of hydrogen-bond acceptors (Lipinski definition) is 6. The van der Waals surface area contributed by atoms with Crippen LogP contribution >= 0.6 is 0 Å². The second-order valence-corrected chi connectivity index (χ2v) is 12.1. The van der Waals surface area contributed by atoms with Crippen LogP contribution in [0, 0.1) is 45.8 Å². The Hall–Kier alpha value is -0.950. The molecule has 3 saturated heterocycles. The molecular formula is C24H33NO5. The Morgan fingerprint density at radius 2 is 1.97 bits per heavy atom. The van der Waals surface area contributed by atoms with E-state index in [1.165, 1.54) is 0 Å². The van der Waals surface area contributed by atoms with E-state index in [1.807, 2.05) is 13.8 Å². The van der Waals surface area contributed by atoms with Gasteiger partial charge in [0.25, 0.3) is 0 Å². The quantitative estimate of drug-likeness (QED) is 0.465. The summed E-state index contributed by atoms with van der Waals surface area (Å²) in [6.07, 6.45) is 1.47. The van der Waals surface area contributed by atoms with Crippen molar-refractivity contribution in [2.24, 2.45) is 45.8 Å². The van der Waals surface area contributed by atoms with Gasteiger partial charge in [0.2, 0.25) is 0 Å². The van der Waals surface area contributed by atoms with Crippen LogP contribution in [0.25, 0.3) is 0 Å². The Morgan fingerprint density at radius 1 is 1.23 bits per heavy atom. The van der Waals surface area contributed by atoms with Gasteiger partial charge in [0.05, 0.1) is 24.2 Å². The molecule has 0 aromatic rings. The van der Waals surface area contributed by atoms with Gasteiger partial charge in [0, 0.05) is 28.7 Å². The predicted molar refractivity (Wildman–Crippen MR) is 107 cm³/mol. The fourth-order valence-corrected chi connectivity index (χ4v) is 10.9. The maximum atomic E-state index is 12.9. The highest BCUT2D eigenvalue weighted by Gasteiger charge is 2.94. The Morgan fingerprint density at radius 3 is 2.67 bits per heavy atom. The molecule has 2 spiro atoms. The van der Waals surface area contributed by atoms with Gasteiger partial charge in [-0.25, -0.2) is 0 Å². The molecule has 3 heterocycles. The molecule has 3 N–H and O–H groups in total. The minimum Gasteiger partial charge on any atom is -0.460 e. The number of aliphatic hydroxyl groups excluding tert-OH is 3. The summed E-state index contributed by atoms with van der Waals surface area (Å²) in [5, 5.41) is 34.8. The van der Waals surface area contributed by atoms with Crippen molar-refractivity contribution in [2.75, 3.05) is 0 Å². The topological polar surface area (TPSA) is 90.2 Å². The second-order valence-electron chi connectivity index (χ2n) is 12.1. The molecule has 6 nitrogen and oxygen atoms in total. The largest absolute Gasteiger partial charge is 0.460 e. The van der Waals surface area contributed by atoms with Crippen LogP contribution in [-0.4, -0.2) is 62.8 Å². The lowest BCUT2D eigenvalue weighted by Gasteiger charge is -2.67. The average molecular weight is 416 g/mol. The summed E-state index contributed by atoms with van der Waals surface area (Å²) >= 11 is 0. The summed E-state index contributed by atoms with van der Waals surface area (Å²) in [6, 6.07) is 0.0899. The Kier molecular flexibility index (Phi) is 3.10. The van der Waals surface area contributed by atoms with Crippen molar-refractivity contribution in [3.05, 3.63) is 12.2 Å². The van der Waals surface area contributed by atoms with E-state index in [4.69, 9.17) is 4.74 Å². The molecule has 164 valence electrons. The van der Waals surface area contributed by atoms with E-state index in [-0.39, 0.29) is 58.5 Å². The first-order valence-corrected chi connectivity index (χ1v) is 11.9. The van der Waals surface area contributed by atoms with Gasteiger partial charge in [0.15, 0.2) is 0 Å². The van der Waals surface area contributed by atoms with Gasteiger partial charge in [-0.05, 0) is 42.1 Å². The highest BCUT2D eigenvalue weighted by Crippen LogP contribution is 2.88. The van der Waals surface area contributed by atoms with Crippen LogP contribution in [0.2, 0.25) is 0 Å². The third kappa shape index (κ3) is 1.44. The van der Waals surface area contributed by atoms with Crippen molar-refractivity contribution < 1.29 is 24.9 Å². The van der Waals surface area contributed by atoms with Crippen molar-refractivity contribution in [3.8, 4) is 0 Å². The molecule has 9 rings (SSSR count). The molecule has 0 radical (unpaired) electrons. The van der Waals surface area contributed by atoms with Crippen LogP contribution in [0.1, 0.15) is 46.5 Å². The first-order valence-electron chi connectivity index (χ1n) is 11.9. The van der Waals surface area contributed by atoms with Crippen molar-refractivity contribution >= 4 is 5.97 Å². The molecule has 6 aliphatic carbocycles. The van der Waals surface area contributed by atoms with E-state index in [0.717, 1.165) is 31.3 Å². The maximum Gasteiger partial charge on any atom is 0.308 e. The summed E-state index contributed by atoms with van der Waals surface area (Å²) in [5.74, 6) is -0.385. The first kappa shape index (κ1) is 18.6. The van der Waals surface area contributed by atoms with E-state index in [0.29, 0.717) is 0 Å². The Bertz CT molecular complexity index is 889. The number of fused-ring (bicyclic) bond motifs is 1. The number of carbonyl (C=O) groups excluding carboxylic acids is 1. The SMILES string of the molecule is C=C1[C@H]2CC3C4N5C(O)[C@]6(C)CCC[C@]47[C@H]([C@@H]2O)[C@@]3([C@@H]1O)[C@H](OC(=O)C(C)C)[C@H]5[C@@H]76. The van der Waals surface area contributed by atoms with E-state index < -0.39 is 30.0 Å². The van der Waals surface area contributed by atoms with Crippen LogP contribution in [0.5, 0.6) is 0 Å². The van der Waals surface area contributed by atoms with Crippen molar-refractivity contribution in [1.29, 1.82) is 0 Å². The Labute approximate surface area is 177 Å². The summed E-state index contributed by atoms with van der Waals surface area (Å²) in [4.78, 5) is 15.2. The molecule has 9 bridgehead atoms. The molecule has 0 aromatic carbocycles. The zero-order valence-electron chi connectivity index (χ0n) is 18.0. The van der Waals surface area contributed by atoms with Crippen LogP contribution in [-0.2, 0) is 9.53 Å². The van der Waals surface area contributed by atoms with E-state index >= 15 is 0 Å². The number of piperidine rings is 2.